The zero-order chi connectivity index (χ0) is 13.2. The molecule has 0 aliphatic rings. The normalized spacial score (nSPS) is 11.2. The highest BCUT2D eigenvalue weighted by atomic mass is 127. The van der Waals surface area contributed by atoms with Crippen LogP contribution in [0.15, 0.2) is 53.4 Å². The van der Waals surface area contributed by atoms with Gasteiger partial charge in [-0.15, -0.1) is 0 Å². The van der Waals surface area contributed by atoms with E-state index in [1.165, 1.54) is 0 Å². The first-order chi connectivity index (χ1) is 8.47. The summed E-state index contributed by atoms with van der Waals surface area (Å²) in [6, 6.07) is 14.0. The lowest BCUT2D eigenvalue weighted by atomic mass is 10.2. The number of anilines is 1. The molecule has 18 heavy (non-hydrogen) atoms. The summed E-state index contributed by atoms with van der Waals surface area (Å²) < 4.78 is 27.8. The first kappa shape index (κ1) is 13.4. The number of hydrogen-bond donors (Lipinski definition) is 1. The van der Waals surface area contributed by atoms with Gasteiger partial charge in [0, 0.05) is 9.26 Å². The molecule has 2 aromatic rings. The molecule has 0 heterocycles. The molecule has 0 fully saturated rings. The van der Waals surface area contributed by atoms with Crippen molar-refractivity contribution < 1.29 is 8.42 Å². The van der Waals surface area contributed by atoms with Crippen molar-refractivity contribution in [3.05, 3.63) is 57.7 Å². The minimum atomic E-state index is -3.50. The molecule has 0 bridgehead atoms. The summed E-state index contributed by atoms with van der Waals surface area (Å²) in [5.74, 6) is 0. The van der Waals surface area contributed by atoms with E-state index in [2.05, 4.69) is 27.3 Å². The summed E-state index contributed by atoms with van der Waals surface area (Å²) >= 11 is 2.17. The van der Waals surface area contributed by atoms with Gasteiger partial charge in [-0.1, -0.05) is 17.7 Å². The maximum Gasteiger partial charge on any atom is 0.261 e. The van der Waals surface area contributed by atoms with Gasteiger partial charge in [0.25, 0.3) is 10.0 Å². The van der Waals surface area contributed by atoms with Crippen LogP contribution in [0, 0.1) is 10.5 Å². The third-order valence-electron chi connectivity index (χ3n) is 2.43. The summed E-state index contributed by atoms with van der Waals surface area (Å²) in [5.41, 5.74) is 1.60. The van der Waals surface area contributed by atoms with Gasteiger partial charge in [0.1, 0.15) is 0 Å². The standard InChI is InChI=1S/C13H12INO2S/c1-10-2-8-13(9-3-10)18(16,17)15-12-6-4-11(14)5-7-12/h2-9,15H,1H3. The number of nitrogens with one attached hydrogen (secondary N) is 1. The molecule has 0 radical (unpaired) electrons. The average Bonchev–Trinajstić information content (AvgIpc) is 2.32. The maximum absolute atomic E-state index is 12.1. The summed E-state index contributed by atoms with van der Waals surface area (Å²) in [7, 11) is -3.50. The fraction of sp³-hybridized carbons (Fsp3) is 0.0769. The fourth-order valence-electron chi connectivity index (χ4n) is 1.45. The number of hydrogen-bond acceptors (Lipinski definition) is 2. The number of sulfonamides is 1. The zero-order valence-electron chi connectivity index (χ0n) is 9.72. The van der Waals surface area contributed by atoms with Crippen molar-refractivity contribution in [3.8, 4) is 0 Å². The second-order valence-corrected chi connectivity index (χ2v) is 6.85. The van der Waals surface area contributed by atoms with E-state index in [4.69, 9.17) is 0 Å². The van der Waals surface area contributed by atoms with Crippen molar-refractivity contribution in [1.29, 1.82) is 0 Å². The van der Waals surface area contributed by atoms with E-state index in [1.54, 1.807) is 36.4 Å². The van der Waals surface area contributed by atoms with Gasteiger partial charge in [-0.05, 0) is 65.9 Å². The zero-order valence-corrected chi connectivity index (χ0v) is 12.7. The van der Waals surface area contributed by atoms with Crippen LogP contribution in [0.3, 0.4) is 0 Å². The highest BCUT2D eigenvalue weighted by molar-refractivity contribution is 14.1. The smallest absolute Gasteiger partial charge is 0.261 e. The molecule has 3 nitrogen and oxygen atoms in total. The molecule has 1 N–H and O–H groups in total. The molecule has 2 rings (SSSR count). The summed E-state index contributed by atoms with van der Waals surface area (Å²) in [6.07, 6.45) is 0. The Bertz CT molecular complexity index is 634. The van der Waals surface area contributed by atoms with Crippen LogP contribution < -0.4 is 4.72 Å². The van der Waals surface area contributed by atoms with Crippen LogP contribution in [0.4, 0.5) is 5.69 Å². The van der Waals surface area contributed by atoms with E-state index >= 15 is 0 Å². The molecule has 5 heteroatoms. The Morgan fingerprint density at radius 2 is 1.50 bits per heavy atom. The van der Waals surface area contributed by atoms with E-state index < -0.39 is 10.0 Å². The minimum absolute atomic E-state index is 0.270. The van der Waals surface area contributed by atoms with Crippen LogP contribution in [0.25, 0.3) is 0 Å². The number of rotatable bonds is 3. The molecule has 0 aromatic heterocycles. The van der Waals surface area contributed by atoms with Gasteiger partial charge in [-0.2, -0.15) is 0 Å². The molecular weight excluding hydrogens is 361 g/mol. The fourth-order valence-corrected chi connectivity index (χ4v) is 2.87. The summed E-state index contributed by atoms with van der Waals surface area (Å²) in [6.45, 7) is 1.92. The number of benzene rings is 2. The monoisotopic (exact) mass is 373 g/mol. The van der Waals surface area contributed by atoms with Gasteiger partial charge in [-0.3, -0.25) is 4.72 Å². The molecular formula is C13H12INO2S. The predicted octanol–water partition coefficient (Wildman–Crippen LogP) is 3.40. The average molecular weight is 373 g/mol. The van der Waals surface area contributed by atoms with E-state index in [0.717, 1.165) is 9.13 Å². The van der Waals surface area contributed by atoms with Crippen molar-refractivity contribution >= 4 is 38.3 Å². The molecule has 0 atom stereocenters. The predicted molar refractivity (Wildman–Crippen MR) is 81.1 cm³/mol. The van der Waals surface area contributed by atoms with Crippen molar-refractivity contribution in [2.45, 2.75) is 11.8 Å². The van der Waals surface area contributed by atoms with Gasteiger partial charge in [-0.25, -0.2) is 8.42 Å². The van der Waals surface area contributed by atoms with Gasteiger partial charge < -0.3 is 0 Å². The Morgan fingerprint density at radius 1 is 0.944 bits per heavy atom. The van der Waals surface area contributed by atoms with Crippen LogP contribution in [-0.2, 0) is 10.0 Å². The van der Waals surface area contributed by atoms with Crippen LogP contribution in [-0.4, -0.2) is 8.42 Å². The molecule has 0 aliphatic heterocycles. The Morgan fingerprint density at radius 3 is 2.06 bits per heavy atom. The lowest BCUT2D eigenvalue weighted by Gasteiger charge is -2.08. The highest BCUT2D eigenvalue weighted by Gasteiger charge is 2.13. The molecule has 0 aliphatic carbocycles. The molecule has 0 saturated heterocycles. The van der Waals surface area contributed by atoms with Crippen molar-refractivity contribution in [1.82, 2.24) is 0 Å². The quantitative estimate of drug-likeness (QED) is 0.839. The first-order valence-corrected chi connectivity index (χ1v) is 7.89. The number of halogens is 1. The first-order valence-electron chi connectivity index (χ1n) is 5.32. The van der Waals surface area contributed by atoms with Crippen molar-refractivity contribution in [3.63, 3.8) is 0 Å². The van der Waals surface area contributed by atoms with Crippen LogP contribution in [0.2, 0.25) is 0 Å². The van der Waals surface area contributed by atoms with Crippen LogP contribution in [0.5, 0.6) is 0 Å². The molecule has 0 amide bonds. The molecule has 2 aromatic carbocycles. The van der Waals surface area contributed by atoms with Gasteiger partial charge in [0.15, 0.2) is 0 Å². The third-order valence-corrected chi connectivity index (χ3v) is 4.54. The summed E-state index contributed by atoms with van der Waals surface area (Å²) in [4.78, 5) is 0.270. The summed E-state index contributed by atoms with van der Waals surface area (Å²) in [5, 5.41) is 0. The second kappa shape index (κ2) is 5.27. The van der Waals surface area contributed by atoms with Gasteiger partial charge in [0.05, 0.1) is 4.90 Å². The Balaban J connectivity index is 2.27. The van der Waals surface area contributed by atoms with Crippen LogP contribution >= 0.6 is 22.6 Å². The van der Waals surface area contributed by atoms with Crippen molar-refractivity contribution in [2.24, 2.45) is 0 Å². The minimum Gasteiger partial charge on any atom is -0.280 e. The Labute approximate surface area is 120 Å². The maximum atomic E-state index is 12.1. The topological polar surface area (TPSA) is 46.2 Å². The third kappa shape index (κ3) is 3.23. The molecule has 0 spiro atoms. The SMILES string of the molecule is Cc1ccc(S(=O)(=O)Nc2ccc(I)cc2)cc1. The van der Waals surface area contributed by atoms with Gasteiger partial charge in [0.2, 0.25) is 0 Å². The number of aryl methyl sites for hydroxylation is 1. The second-order valence-electron chi connectivity index (χ2n) is 3.93. The van der Waals surface area contributed by atoms with E-state index in [0.29, 0.717) is 5.69 Å². The van der Waals surface area contributed by atoms with E-state index in [1.807, 2.05) is 19.1 Å². The molecule has 0 unspecified atom stereocenters. The Hall–Kier alpha value is -1.08. The lowest BCUT2D eigenvalue weighted by Crippen LogP contribution is -2.12. The molecule has 0 saturated carbocycles. The van der Waals surface area contributed by atoms with Crippen molar-refractivity contribution in [2.75, 3.05) is 4.72 Å². The Kier molecular flexibility index (Phi) is 3.91. The molecule has 94 valence electrons. The van der Waals surface area contributed by atoms with E-state index in [-0.39, 0.29) is 4.90 Å². The van der Waals surface area contributed by atoms with Gasteiger partial charge >= 0.3 is 0 Å². The van der Waals surface area contributed by atoms with Crippen LogP contribution in [0.1, 0.15) is 5.56 Å². The highest BCUT2D eigenvalue weighted by Crippen LogP contribution is 2.17. The largest absolute Gasteiger partial charge is 0.280 e. The lowest BCUT2D eigenvalue weighted by molar-refractivity contribution is 0.601. The van der Waals surface area contributed by atoms with E-state index in [9.17, 15) is 8.42 Å².